The second-order valence-electron chi connectivity index (χ2n) is 4.76. The van der Waals surface area contributed by atoms with E-state index in [4.69, 9.17) is 5.11 Å². The van der Waals surface area contributed by atoms with Gasteiger partial charge in [0.05, 0.1) is 11.7 Å². The molecule has 0 bridgehead atoms. The van der Waals surface area contributed by atoms with Gasteiger partial charge >= 0.3 is 5.97 Å². The van der Waals surface area contributed by atoms with Gasteiger partial charge in [0.2, 0.25) is 10.0 Å². The van der Waals surface area contributed by atoms with Crippen molar-refractivity contribution >= 4 is 16.0 Å². The molecule has 0 fully saturated rings. The van der Waals surface area contributed by atoms with Crippen molar-refractivity contribution in [3.63, 3.8) is 0 Å². The van der Waals surface area contributed by atoms with Crippen molar-refractivity contribution in [1.82, 2.24) is 4.72 Å². The van der Waals surface area contributed by atoms with Crippen molar-refractivity contribution in [3.05, 3.63) is 12.7 Å². The number of allylic oxidation sites excluding steroid dienone is 1. The van der Waals surface area contributed by atoms with Gasteiger partial charge in [-0.15, -0.1) is 6.58 Å². The summed E-state index contributed by atoms with van der Waals surface area (Å²) in [7, 11) is -3.38. The highest BCUT2D eigenvalue weighted by molar-refractivity contribution is 7.89. The zero-order chi connectivity index (χ0) is 14.2. The molecule has 0 radical (unpaired) electrons. The quantitative estimate of drug-likeness (QED) is 0.469. The molecule has 0 aliphatic carbocycles. The maximum absolute atomic E-state index is 11.6. The number of aliphatic carboxylic acids is 1. The molecule has 0 spiro atoms. The van der Waals surface area contributed by atoms with Crippen molar-refractivity contribution in [2.24, 2.45) is 11.8 Å². The predicted octanol–water partition coefficient (Wildman–Crippen LogP) is 1.62. The fraction of sp³-hybridized carbons (Fsp3) is 0.750. The van der Waals surface area contributed by atoms with Gasteiger partial charge in [-0.3, -0.25) is 4.79 Å². The Kier molecular flexibility index (Phi) is 7.86. The van der Waals surface area contributed by atoms with Gasteiger partial charge in [0.25, 0.3) is 0 Å². The first-order valence-corrected chi connectivity index (χ1v) is 7.74. The highest BCUT2D eigenvalue weighted by Crippen LogP contribution is 2.11. The van der Waals surface area contributed by atoms with E-state index in [0.717, 1.165) is 0 Å². The molecular formula is C12H23NO4S. The molecule has 0 aromatic rings. The number of unbranched alkanes of at least 4 members (excludes halogenated alkanes) is 1. The van der Waals surface area contributed by atoms with Crippen molar-refractivity contribution in [1.29, 1.82) is 0 Å². The Morgan fingerprint density at radius 2 is 2.06 bits per heavy atom. The lowest BCUT2D eigenvalue weighted by Crippen LogP contribution is -2.35. The first-order chi connectivity index (χ1) is 8.28. The van der Waals surface area contributed by atoms with Crippen LogP contribution >= 0.6 is 0 Å². The number of hydrogen-bond acceptors (Lipinski definition) is 3. The van der Waals surface area contributed by atoms with Crippen LogP contribution in [0.4, 0.5) is 0 Å². The second-order valence-corrected chi connectivity index (χ2v) is 6.69. The van der Waals surface area contributed by atoms with Gasteiger partial charge in [-0.1, -0.05) is 19.9 Å². The second kappa shape index (κ2) is 8.26. The summed E-state index contributed by atoms with van der Waals surface area (Å²) in [6.45, 7) is 7.30. The summed E-state index contributed by atoms with van der Waals surface area (Å²) in [4.78, 5) is 11.0. The van der Waals surface area contributed by atoms with Gasteiger partial charge in [-0.2, -0.15) is 0 Å². The van der Waals surface area contributed by atoms with Crippen LogP contribution in [0.25, 0.3) is 0 Å². The molecule has 0 rings (SSSR count). The fourth-order valence-electron chi connectivity index (χ4n) is 1.56. The van der Waals surface area contributed by atoms with E-state index in [1.807, 2.05) is 13.8 Å². The molecule has 0 saturated carbocycles. The molecule has 0 amide bonds. The molecule has 6 heteroatoms. The van der Waals surface area contributed by atoms with Gasteiger partial charge in [-0.05, 0) is 25.2 Å². The molecule has 0 heterocycles. The number of sulfonamides is 1. The third-order valence-electron chi connectivity index (χ3n) is 2.48. The standard InChI is InChI=1S/C12H23NO4S/c1-4-5-6-7-18(16,17)13-9-11(12(14)15)8-10(2)3/h4,10-11,13H,1,5-9H2,2-3H3,(H,14,15). The smallest absolute Gasteiger partial charge is 0.307 e. The average molecular weight is 277 g/mol. The molecule has 106 valence electrons. The summed E-state index contributed by atoms with van der Waals surface area (Å²) in [5, 5.41) is 8.99. The molecule has 0 aromatic carbocycles. The van der Waals surface area contributed by atoms with E-state index in [9.17, 15) is 13.2 Å². The molecule has 0 saturated heterocycles. The minimum atomic E-state index is -3.38. The molecule has 0 aromatic heterocycles. The highest BCUT2D eigenvalue weighted by atomic mass is 32.2. The van der Waals surface area contributed by atoms with Crippen LogP contribution in [0.3, 0.4) is 0 Å². The lowest BCUT2D eigenvalue weighted by Gasteiger charge is -2.15. The van der Waals surface area contributed by atoms with Crippen LogP contribution < -0.4 is 4.72 Å². The molecular weight excluding hydrogens is 254 g/mol. The Bertz CT molecular complexity index is 362. The molecule has 5 nitrogen and oxygen atoms in total. The number of carbonyl (C=O) groups is 1. The summed E-state index contributed by atoms with van der Waals surface area (Å²) in [6.07, 6.45) is 3.26. The maximum Gasteiger partial charge on any atom is 0.307 e. The molecule has 0 aliphatic rings. The first kappa shape index (κ1) is 17.1. The van der Waals surface area contributed by atoms with Crippen molar-refractivity contribution in [2.75, 3.05) is 12.3 Å². The van der Waals surface area contributed by atoms with E-state index in [2.05, 4.69) is 11.3 Å². The third-order valence-corrected chi connectivity index (χ3v) is 3.91. The monoisotopic (exact) mass is 277 g/mol. The van der Waals surface area contributed by atoms with Crippen LogP contribution in [0, 0.1) is 11.8 Å². The molecule has 1 unspecified atom stereocenters. The lowest BCUT2D eigenvalue weighted by atomic mass is 9.98. The summed E-state index contributed by atoms with van der Waals surface area (Å²) < 4.78 is 25.5. The van der Waals surface area contributed by atoms with E-state index < -0.39 is 21.9 Å². The van der Waals surface area contributed by atoms with Gasteiger partial charge in [0.15, 0.2) is 0 Å². The Balaban J connectivity index is 4.24. The SMILES string of the molecule is C=CCCCS(=O)(=O)NCC(CC(C)C)C(=O)O. The van der Waals surface area contributed by atoms with E-state index in [0.29, 0.717) is 19.3 Å². The Labute approximate surface area is 109 Å². The number of rotatable bonds is 10. The summed E-state index contributed by atoms with van der Waals surface area (Å²) in [5.74, 6) is -1.40. The fourth-order valence-corrected chi connectivity index (χ4v) is 2.70. The van der Waals surface area contributed by atoms with Crippen LogP contribution in [0.5, 0.6) is 0 Å². The average Bonchev–Trinajstić information content (AvgIpc) is 2.23. The van der Waals surface area contributed by atoms with Gasteiger partial charge in [0, 0.05) is 6.54 Å². The number of carboxylic acid groups (broad SMARTS) is 1. The number of nitrogens with one attached hydrogen (secondary N) is 1. The maximum atomic E-state index is 11.6. The molecule has 18 heavy (non-hydrogen) atoms. The summed E-state index contributed by atoms with van der Waals surface area (Å²) >= 11 is 0. The van der Waals surface area contributed by atoms with Crippen LogP contribution in [0.1, 0.15) is 33.1 Å². The van der Waals surface area contributed by atoms with E-state index in [1.54, 1.807) is 6.08 Å². The Morgan fingerprint density at radius 3 is 2.50 bits per heavy atom. The van der Waals surface area contributed by atoms with Crippen LogP contribution in [0.15, 0.2) is 12.7 Å². The van der Waals surface area contributed by atoms with Crippen LogP contribution in [0.2, 0.25) is 0 Å². The molecule has 0 aliphatic heterocycles. The van der Waals surface area contributed by atoms with E-state index in [1.165, 1.54) is 0 Å². The topological polar surface area (TPSA) is 83.5 Å². The third kappa shape index (κ3) is 8.25. The van der Waals surface area contributed by atoms with Crippen LogP contribution in [-0.2, 0) is 14.8 Å². The predicted molar refractivity (Wildman–Crippen MR) is 71.8 cm³/mol. The highest BCUT2D eigenvalue weighted by Gasteiger charge is 2.21. The number of hydrogen-bond donors (Lipinski definition) is 2. The van der Waals surface area contributed by atoms with Crippen molar-refractivity contribution in [3.8, 4) is 0 Å². The van der Waals surface area contributed by atoms with Crippen molar-refractivity contribution < 1.29 is 18.3 Å². The minimum Gasteiger partial charge on any atom is -0.481 e. The zero-order valence-electron chi connectivity index (χ0n) is 11.1. The Morgan fingerprint density at radius 1 is 1.44 bits per heavy atom. The van der Waals surface area contributed by atoms with Crippen LogP contribution in [-0.4, -0.2) is 31.8 Å². The molecule has 2 N–H and O–H groups in total. The van der Waals surface area contributed by atoms with E-state index >= 15 is 0 Å². The summed E-state index contributed by atoms with van der Waals surface area (Å²) in [6, 6.07) is 0. The normalized spacial score (nSPS) is 13.5. The van der Waals surface area contributed by atoms with Gasteiger partial charge in [0.1, 0.15) is 0 Å². The van der Waals surface area contributed by atoms with Gasteiger partial charge < -0.3 is 5.11 Å². The summed E-state index contributed by atoms with van der Waals surface area (Å²) in [5.41, 5.74) is 0. The minimum absolute atomic E-state index is 0.00698. The lowest BCUT2D eigenvalue weighted by molar-refractivity contribution is -0.142. The Hall–Kier alpha value is -0.880. The van der Waals surface area contributed by atoms with Crippen molar-refractivity contribution in [2.45, 2.75) is 33.1 Å². The number of carboxylic acids is 1. The van der Waals surface area contributed by atoms with E-state index in [-0.39, 0.29) is 18.2 Å². The van der Waals surface area contributed by atoms with Gasteiger partial charge in [-0.25, -0.2) is 13.1 Å². The molecule has 1 atom stereocenters. The largest absolute Gasteiger partial charge is 0.481 e. The first-order valence-electron chi connectivity index (χ1n) is 6.09. The zero-order valence-corrected chi connectivity index (χ0v) is 11.9.